The second-order valence-corrected chi connectivity index (χ2v) is 6.36. The Morgan fingerprint density at radius 2 is 2.19 bits per heavy atom. The lowest BCUT2D eigenvalue weighted by Crippen LogP contribution is -2.39. The highest BCUT2D eigenvalue weighted by atomic mass is 35.5. The van der Waals surface area contributed by atoms with E-state index >= 15 is 0 Å². The first-order valence-electron chi connectivity index (χ1n) is 7.72. The standard InChI is InChI=1S/C16H24Cl2N2O/c1-2-8-20(12-14-4-3-7-19-14)9-10-21-16-6-5-13(17)11-15(16)18/h5-6,11,14,19H,2-4,7-10,12H2,1H3. The molecule has 1 fully saturated rings. The summed E-state index contributed by atoms with van der Waals surface area (Å²) >= 11 is 12.0. The quantitative estimate of drug-likeness (QED) is 0.783. The highest BCUT2D eigenvalue weighted by Crippen LogP contribution is 2.27. The number of benzene rings is 1. The van der Waals surface area contributed by atoms with Crippen molar-refractivity contribution in [1.29, 1.82) is 0 Å². The van der Waals surface area contributed by atoms with Gasteiger partial charge in [-0.25, -0.2) is 0 Å². The summed E-state index contributed by atoms with van der Waals surface area (Å²) in [5.41, 5.74) is 0. The van der Waals surface area contributed by atoms with Crippen molar-refractivity contribution in [3.63, 3.8) is 0 Å². The summed E-state index contributed by atoms with van der Waals surface area (Å²) in [6, 6.07) is 5.98. The van der Waals surface area contributed by atoms with E-state index in [-0.39, 0.29) is 0 Å². The first kappa shape index (κ1) is 16.9. The van der Waals surface area contributed by atoms with Gasteiger partial charge in [0.15, 0.2) is 0 Å². The molecule has 1 atom stereocenters. The average molecular weight is 331 g/mol. The summed E-state index contributed by atoms with van der Waals surface area (Å²) in [7, 11) is 0. The second kappa shape index (κ2) is 8.84. The molecule has 0 spiro atoms. The van der Waals surface area contributed by atoms with Gasteiger partial charge in [0.25, 0.3) is 0 Å². The Bertz CT molecular complexity index is 436. The number of hydrogen-bond donors (Lipinski definition) is 1. The van der Waals surface area contributed by atoms with E-state index in [1.165, 1.54) is 12.8 Å². The molecule has 0 amide bonds. The molecule has 1 heterocycles. The molecule has 1 aliphatic heterocycles. The molecule has 0 radical (unpaired) electrons. The zero-order valence-electron chi connectivity index (χ0n) is 12.6. The van der Waals surface area contributed by atoms with Crippen molar-refractivity contribution >= 4 is 23.2 Å². The normalized spacial score (nSPS) is 18.4. The lowest BCUT2D eigenvalue weighted by atomic mass is 10.2. The lowest BCUT2D eigenvalue weighted by molar-refractivity contribution is 0.196. The Balaban J connectivity index is 1.78. The number of hydrogen-bond acceptors (Lipinski definition) is 3. The maximum Gasteiger partial charge on any atom is 0.138 e. The number of rotatable bonds is 8. The molecule has 3 nitrogen and oxygen atoms in total. The van der Waals surface area contributed by atoms with Crippen molar-refractivity contribution in [2.45, 2.75) is 32.2 Å². The molecule has 1 N–H and O–H groups in total. The third kappa shape index (κ3) is 5.67. The maximum atomic E-state index is 6.11. The molecule has 0 saturated carbocycles. The van der Waals surface area contributed by atoms with Gasteiger partial charge in [0.1, 0.15) is 12.4 Å². The van der Waals surface area contributed by atoms with Gasteiger partial charge in [0, 0.05) is 24.2 Å². The Labute approximate surface area is 137 Å². The summed E-state index contributed by atoms with van der Waals surface area (Å²) in [4.78, 5) is 2.47. The maximum absolute atomic E-state index is 6.11. The van der Waals surface area contributed by atoms with Crippen LogP contribution in [0.3, 0.4) is 0 Å². The molecule has 1 aromatic carbocycles. The molecule has 0 bridgehead atoms. The van der Waals surface area contributed by atoms with Crippen LogP contribution in [-0.4, -0.2) is 43.7 Å². The van der Waals surface area contributed by atoms with Crippen LogP contribution in [0, 0.1) is 0 Å². The number of halogens is 2. The summed E-state index contributed by atoms with van der Waals surface area (Å²) in [5, 5.41) is 4.75. The molecule has 1 saturated heterocycles. The predicted molar refractivity (Wildman–Crippen MR) is 89.7 cm³/mol. The fourth-order valence-electron chi connectivity index (χ4n) is 2.71. The molecule has 0 aromatic heterocycles. The van der Waals surface area contributed by atoms with Crippen LogP contribution < -0.4 is 10.1 Å². The SMILES string of the molecule is CCCN(CCOc1ccc(Cl)cc1Cl)CC1CCCN1. The molecule has 5 heteroatoms. The highest BCUT2D eigenvalue weighted by molar-refractivity contribution is 6.35. The van der Waals surface area contributed by atoms with Gasteiger partial charge in [-0.3, -0.25) is 4.90 Å². The van der Waals surface area contributed by atoms with Crippen LogP contribution in [0.25, 0.3) is 0 Å². The van der Waals surface area contributed by atoms with Crippen LogP contribution >= 0.6 is 23.2 Å². The minimum Gasteiger partial charge on any atom is -0.491 e. The molecule has 1 unspecified atom stereocenters. The zero-order valence-corrected chi connectivity index (χ0v) is 14.1. The molecule has 118 valence electrons. The van der Waals surface area contributed by atoms with E-state index in [2.05, 4.69) is 17.1 Å². The van der Waals surface area contributed by atoms with Crippen LogP contribution in [0.1, 0.15) is 26.2 Å². The fourth-order valence-corrected chi connectivity index (χ4v) is 3.17. The Morgan fingerprint density at radius 1 is 1.33 bits per heavy atom. The van der Waals surface area contributed by atoms with E-state index in [1.807, 2.05) is 6.07 Å². The summed E-state index contributed by atoms with van der Waals surface area (Å²) < 4.78 is 5.78. The van der Waals surface area contributed by atoms with Crippen LogP contribution in [0.4, 0.5) is 0 Å². The first-order valence-corrected chi connectivity index (χ1v) is 8.48. The topological polar surface area (TPSA) is 24.5 Å². The van der Waals surface area contributed by atoms with Gasteiger partial charge in [-0.05, 0) is 50.6 Å². The number of nitrogens with zero attached hydrogens (tertiary/aromatic N) is 1. The molecular formula is C16H24Cl2N2O. The number of ether oxygens (including phenoxy) is 1. The first-order chi connectivity index (χ1) is 10.2. The third-order valence-electron chi connectivity index (χ3n) is 3.74. The average Bonchev–Trinajstić information content (AvgIpc) is 2.94. The zero-order chi connectivity index (χ0) is 15.1. The van der Waals surface area contributed by atoms with E-state index in [4.69, 9.17) is 27.9 Å². The van der Waals surface area contributed by atoms with Gasteiger partial charge in [-0.15, -0.1) is 0 Å². The predicted octanol–water partition coefficient (Wildman–Crippen LogP) is 3.84. The molecule has 1 aliphatic rings. The molecule has 1 aromatic rings. The summed E-state index contributed by atoms with van der Waals surface area (Å²) in [5.74, 6) is 0.705. The molecular weight excluding hydrogens is 307 g/mol. The lowest BCUT2D eigenvalue weighted by Gasteiger charge is -2.25. The van der Waals surface area contributed by atoms with E-state index in [9.17, 15) is 0 Å². The van der Waals surface area contributed by atoms with Gasteiger partial charge in [0.05, 0.1) is 5.02 Å². The van der Waals surface area contributed by atoms with Gasteiger partial charge >= 0.3 is 0 Å². The van der Waals surface area contributed by atoms with Crippen molar-refractivity contribution in [3.05, 3.63) is 28.2 Å². The second-order valence-electron chi connectivity index (χ2n) is 5.52. The minimum atomic E-state index is 0.571. The highest BCUT2D eigenvalue weighted by Gasteiger charge is 2.17. The van der Waals surface area contributed by atoms with E-state index < -0.39 is 0 Å². The monoisotopic (exact) mass is 330 g/mol. The molecule has 21 heavy (non-hydrogen) atoms. The van der Waals surface area contributed by atoms with Crippen LogP contribution in [0.15, 0.2) is 18.2 Å². The molecule has 2 rings (SSSR count). The summed E-state index contributed by atoms with van der Waals surface area (Å²) in [6.07, 6.45) is 3.74. The van der Waals surface area contributed by atoms with Crippen molar-refractivity contribution in [3.8, 4) is 5.75 Å². The minimum absolute atomic E-state index is 0.571. The molecule has 0 aliphatic carbocycles. The van der Waals surface area contributed by atoms with Crippen molar-refractivity contribution in [1.82, 2.24) is 10.2 Å². The third-order valence-corrected chi connectivity index (χ3v) is 4.27. The van der Waals surface area contributed by atoms with Crippen molar-refractivity contribution in [2.24, 2.45) is 0 Å². The van der Waals surface area contributed by atoms with Gasteiger partial charge in [-0.2, -0.15) is 0 Å². The van der Waals surface area contributed by atoms with Crippen molar-refractivity contribution < 1.29 is 4.74 Å². The van der Waals surface area contributed by atoms with E-state index in [1.54, 1.807) is 12.1 Å². The summed E-state index contributed by atoms with van der Waals surface area (Å²) in [6.45, 7) is 7.15. The van der Waals surface area contributed by atoms with Crippen LogP contribution in [-0.2, 0) is 0 Å². The van der Waals surface area contributed by atoms with Crippen LogP contribution in [0.5, 0.6) is 5.75 Å². The smallest absolute Gasteiger partial charge is 0.138 e. The Hall–Kier alpha value is -0.480. The largest absolute Gasteiger partial charge is 0.491 e. The number of nitrogens with one attached hydrogen (secondary N) is 1. The van der Waals surface area contributed by atoms with E-state index in [0.29, 0.717) is 28.4 Å². The van der Waals surface area contributed by atoms with E-state index in [0.717, 1.165) is 32.6 Å². The van der Waals surface area contributed by atoms with Gasteiger partial charge in [0.2, 0.25) is 0 Å². The van der Waals surface area contributed by atoms with Crippen LogP contribution in [0.2, 0.25) is 10.0 Å². The Morgan fingerprint density at radius 3 is 2.86 bits per heavy atom. The fraction of sp³-hybridized carbons (Fsp3) is 0.625. The van der Waals surface area contributed by atoms with Crippen molar-refractivity contribution in [2.75, 3.05) is 32.8 Å². The van der Waals surface area contributed by atoms with Gasteiger partial charge < -0.3 is 10.1 Å². The van der Waals surface area contributed by atoms with Gasteiger partial charge in [-0.1, -0.05) is 30.1 Å². The Kier molecular flexibility index (Phi) is 7.11.